The zero-order valence-electron chi connectivity index (χ0n) is 12.8. The molecule has 6 nitrogen and oxygen atoms in total. The highest BCUT2D eigenvalue weighted by Crippen LogP contribution is 2.16. The van der Waals surface area contributed by atoms with E-state index in [2.05, 4.69) is 20.4 Å². The molecule has 0 spiro atoms. The van der Waals surface area contributed by atoms with Crippen LogP contribution < -0.4 is 5.32 Å². The van der Waals surface area contributed by atoms with Gasteiger partial charge in [0.1, 0.15) is 0 Å². The van der Waals surface area contributed by atoms with Crippen molar-refractivity contribution in [3.63, 3.8) is 0 Å². The summed E-state index contributed by atoms with van der Waals surface area (Å²) in [5.74, 6) is -0.0299. The third-order valence-electron chi connectivity index (χ3n) is 3.40. The van der Waals surface area contributed by atoms with Gasteiger partial charge in [-0.3, -0.25) is 19.4 Å². The third kappa shape index (κ3) is 4.00. The first-order chi connectivity index (χ1) is 11.2. The molecule has 3 aromatic rings. The van der Waals surface area contributed by atoms with Crippen molar-refractivity contribution in [2.45, 2.75) is 13.0 Å². The van der Waals surface area contributed by atoms with Crippen LogP contribution in [-0.4, -0.2) is 25.7 Å². The molecule has 0 radical (unpaired) electrons. The summed E-state index contributed by atoms with van der Waals surface area (Å²) < 4.78 is 1.74. The summed E-state index contributed by atoms with van der Waals surface area (Å²) in [5.41, 5.74) is 3.70. The molecule has 6 heteroatoms. The van der Waals surface area contributed by atoms with Crippen LogP contribution in [0.25, 0.3) is 11.3 Å². The van der Waals surface area contributed by atoms with Crippen LogP contribution in [0.1, 0.15) is 11.1 Å². The Hall–Kier alpha value is -3.02. The van der Waals surface area contributed by atoms with Crippen molar-refractivity contribution in [2.24, 2.45) is 7.05 Å². The summed E-state index contributed by atoms with van der Waals surface area (Å²) in [4.78, 5) is 20.3. The maximum Gasteiger partial charge on any atom is 0.224 e. The molecule has 23 heavy (non-hydrogen) atoms. The quantitative estimate of drug-likeness (QED) is 0.779. The predicted octanol–water partition coefficient (Wildman–Crippen LogP) is 1.74. The molecule has 0 saturated carbocycles. The number of nitrogens with zero attached hydrogens (tertiary/aromatic N) is 4. The van der Waals surface area contributed by atoms with Crippen molar-refractivity contribution in [1.29, 1.82) is 0 Å². The number of hydrogen-bond acceptors (Lipinski definition) is 4. The largest absolute Gasteiger partial charge is 0.352 e. The van der Waals surface area contributed by atoms with Gasteiger partial charge in [0.2, 0.25) is 5.91 Å². The third-order valence-corrected chi connectivity index (χ3v) is 3.40. The molecule has 0 bridgehead atoms. The number of nitrogens with one attached hydrogen (secondary N) is 1. The Labute approximate surface area is 134 Å². The van der Waals surface area contributed by atoms with Crippen LogP contribution in [0.5, 0.6) is 0 Å². The summed E-state index contributed by atoms with van der Waals surface area (Å²) >= 11 is 0. The maximum atomic E-state index is 12.0. The van der Waals surface area contributed by atoms with Gasteiger partial charge in [-0.15, -0.1) is 0 Å². The molecule has 3 aromatic heterocycles. The molecule has 0 aliphatic carbocycles. The van der Waals surface area contributed by atoms with E-state index < -0.39 is 0 Å². The van der Waals surface area contributed by atoms with Gasteiger partial charge in [0.15, 0.2) is 0 Å². The highest BCUT2D eigenvalue weighted by atomic mass is 16.1. The molecule has 0 aliphatic heterocycles. The second-order valence-electron chi connectivity index (χ2n) is 5.27. The summed E-state index contributed by atoms with van der Waals surface area (Å²) in [5, 5.41) is 7.06. The first-order valence-electron chi connectivity index (χ1n) is 7.30. The fourth-order valence-electron chi connectivity index (χ4n) is 2.25. The molecular weight excluding hydrogens is 290 g/mol. The van der Waals surface area contributed by atoms with Crippen molar-refractivity contribution in [3.8, 4) is 11.3 Å². The van der Waals surface area contributed by atoms with Gasteiger partial charge in [0, 0.05) is 43.9 Å². The van der Waals surface area contributed by atoms with Gasteiger partial charge in [-0.25, -0.2) is 0 Å². The summed E-state index contributed by atoms with van der Waals surface area (Å²) in [6, 6.07) is 7.57. The Kier molecular flexibility index (Phi) is 4.42. The van der Waals surface area contributed by atoms with Crippen molar-refractivity contribution < 1.29 is 4.79 Å². The lowest BCUT2D eigenvalue weighted by Gasteiger charge is -2.06. The Balaban J connectivity index is 1.61. The van der Waals surface area contributed by atoms with Gasteiger partial charge < -0.3 is 5.32 Å². The van der Waals surface area contributed by atoms with Crippen molar-refractivity contribution >= 4 is 5.91 Å². The van der Waals surface area contributed by atoms with Crippen molar-refractivity contribution in [3.05, 3.63) is 66.4 Å². The van der Waals surface area contributed by atoms with Crippen LogP contribution in [0.4, 0.5) is 0 Å². The Morgan fingerprint density at radius 3 is 2.87 bits per heavy atom. The number of aromatic nitrogens is 4. The van der Waals surface area contributed by atoms with Crippen molar-refractivity contribution in [1.82, 2.24) is 25.1 Å². The van der Waals surface area contributed by atoms with Gasteiger partial charge >= 0.3 is 0 Å². The number of aryl methyl sites for hydroxylation is 1. The number of rotatable bonds is 5. The molecule has 116 valence electrons. The molecule has 1 N–H and O–H groups in total. The van der Waals surface area contributed by atoms with Gasteiger partial charge in [0.05, 0.1) is 18.3 Å². The summed E-state index contributed by atoms with van der Waals surface area (Å²) in [7, 11) is 1.87. The van der Waals surface area contributed by atoms with E-state index >= 15 is 0 Å². The number of pyridine rings is 2. The smallest absolute Gasteiger partial charge is 0.224 e. The molecule has 0 aliphatic rings. The highest BCUT2D eigenvalue weighted by molar-refractivity contribution is 5.78. The minimum absolute atomic E-state index is 0.0299. The van der Waals surface area contributed by atoms with Crippen LogP contribution in [0.15, 0.2) is 55.2 Å². The first-order valence-corrected chi connectivity index (χ1v) is 7.30. The Morgan fingerprint density at radius 2 is 2.13 bits per heavy atom. The van der Waals surface area contributed by atoms with Crippen LogP contribution in [0.2, 0.25) is 0 Å². The van der Waals surface area contributed by atoms with E-state index in [9.17, 15) is 4.79 Å². The monoisotopic (exact) mass is 307 g/mol. The molecule has 0 aromatic carbocycles. The molecular formula is C17H17N5O. The molecule has 0 saturated heterocycles. The average molecular weight is 307 g/mol. The van der Waals surface area contributed by atoms with E-state index in [0.29, 0.717) is 13.0 Å². The molecule has 0 atom stereocenters. The minimum Gasteiger partial charge on any atom is -0.352 e. The van der Waals surface area contributed by atoms with E-state index in [1.165, 1.54) is 0 Å². The Bertz CT molecular complexity index is 798. The molecule has 3 rings (SSSR count). The zero-order valence-corrected chi connectivity index (χ0v) is 12.8. The first kappa shape index (κ1) is 14.9. The maximum absolute atomic E-state index is 12.0. The van der Waals surface area contributed by atoms with Crippen LogP contribution >= 0.6 is 0 Å². The average Bonchev–Trinajstić information content (AvgIpc) is 3.01. The molecule has 3 heterocycles. The molecule has 0 unspecified atom stereocenters. The second-order valence-corrected chi connectivity index (χ2v) is 5.27. The van der Waals surface area contributed by atoms with Crippen molar-refractivity contribution in [2.75, 3.05) is 0 Å². The van der Waals surface area contributed by atoms with Crippen LogP contribution in [-0.2, 0) is 24.8 Å². The van der Waals surface area contributed by atoms with E-state index in [0.717, 1.165) is 22.4 Å². The Morgan fingerprint density at radius 1 is 1.22 bits per heavy atom. The number of carbonyl (C=O) groups excluding carboxylic acids is 1. The van der Waals surface area contributed by atoms with Crippen LogP contribution in [0.3, 0.4) is 0 Å². The molecule has 0 fully saturated rings. The lowest BCUT2D eigenvalue weighted by atomic mass is 10.1. The van der Waals surface area contributed by atoms with Gasteiger partial charge in [-0.05, 0) is 29.3 Å². The fourth-order valence-corrected chi connectivity index (χ4v) is 2.25. The number of amides is 1. The van der Waals surface area contributed by atoms with Gasteiger partial charge in [-0.1, -0.05) is 6.07 Å². The lowest BCUT2D eigenvalue weighted by molar-refractivity contribution is -0.120. The normalized spacial score (nSPS) is 10.5. The standard InChI is InChI=1S/C17H17N5O/c1-22-12-15(11-21-22)16-7-14(4-6-19-16)10-20-17(23)8-13-3-2-5-18-9-13/h2-7,9,11-12H,8,10H2,1H3,(H,20,23). The summed E-state index contributed by atoms with van der Waals surface area (Å²) in [6.07, 6.45) is 9.14. The predicted molar refractivity (Wildman–Crippen MR) is 86.2 cm³/mol. The number of carbonyl (C=O) groups is 1. The van der Waals surface area contributed by atoms with Gasteiger partial charge in [0.25, 0.3) is 0 Å². The minimum atomic E-state index is -0.0299. The van der Waals surface area contributed by atoms with Gasteiger partial charge in [-0.2, -0.15) is 5.10 Å². The molecule has 1 amide bonds. The van der Waals surface area contributed by atoms with E-state index in [-0.39, 0.29) is 5.91 Å². The van der Waals surface area contributed by atoms with E-state index in [1.807, 2.05) is 37.5 Å². The van der Waals surface area contributed by atoms with E-state index in [4.69, 9.17) is 0 Å². The van der Waals surface area contributed by atoms with E-state index in [1.54, 1.807) is 29.5 Å². The zero-order chi connectivity index (χ0) is 16.1. The second kappa shape index (κ2) is 6.83. The topological polar surface area (TPSA) is 72.7 Å². The number of hydrogen-bond donors (Lipinski definition) is 1. The summed E-state index contributed by atoms with van der Waals surface area (Å²) in [6.45, 7) is 0.467. The SMILES string of the molecule is Cn1cc(-c2cc(CNC(=O)Cc3cccnc3)ccn2)cn1. The lowest BCUT2D eigenvalue weighted by Crippen LogP contribution is -2.24. The fraction of sp³-hybridized carbons (Fsp3) is 0.176. The highest BCUT2D eigenvalue weighted by Gasteiger charge is 2.06. The van der Waals surface area contributed by atoms with Crippen LogP contribution in [0, 0.1) is 0 Å².